The van der Waals surface area contributed by atoms with Crippen molar-refractivity contribution in [3.8, 4) is 16.9 Å². The molecular weight excluding hydrogens is 346 g/mol. The molecule has 0 saturated carbocycles. The highest BCUT2D eigenvalue weighted by molar-refractivity contribution is 5.67. The zero-order valence-electron chi connectivity index (χ0n) is 15.9. The molecule has 2 atom stereocenters. The maximum Gasteiger partial charge on any atom is 0.119 e. The summed E-state index contributed by atoms with van der Waals surface area (Å²) in [5.41, 5.74) is 4.71. The number of piperidine rings is 1. The summed E-state index contributed by atoms with van der Waals surface area (Å²) in [6.45, 7) is 3.94. The molecule has 1 N–H and O–H groups in total. The minimum absolute atomic E-state index is 0.586. The van der Waals surface area contributed by atoms with Crippen molar-refractivity contribution in [2.75, 3.05) is 24.5 Å². The van der Waals surface area contributed by atoms with E-state index in [4.69, 9.17) is 4.74 Å². The minimum atomic E-state index is 0.586. The molecule has 2 aliphatic rings. The van der Waals surface area contributed by atoms with Gasteiger partial charge in [0.05, 0.1) is 11.9 Å². The third-order valence-electron chi connectivity index (χ3n) is 5.76. The molecule has 2 fully saturated rings. The van der Waals surface area contributed by atoms with E-state index >= 15 is 0 Å². The second-order valence-corrected chi connectivity index (χ2v) is 7.84. The highest BCUT2D eigenvalue weighted by atomic mass is 16.5. The van der Waals surface area contributed by atoms with E-state index < -0.39 is 0 Å². The Morgan fingerprint density at radius 3 is 2.64 bits per heavy atom. The van der Waals surface area contributed by atoms with Crippen LogP contribution in [0.1, 0.15) is 12.0 Å². The molecule has 2 aromatic carbocycles. The van der Waals surface area contributed by atoms with Crippen LogP contribution in [0.15, 0.2) is 73.1 Å². The van der Waals surface area contributed by atoms with Gasteiger partial charge < -0.3 is 15.0 Å². The first-order valence-corrected chi connectivity index (χ1v) is 10.0. The van der Waals surface area contributed by atoms with Crippen LogP contribution in [0, 0.1) is 5.92 Å². The van der Waals surface area contributed by atoms with E-state index in [1.807, 2.05) is 42.7 Å². The van der Waals surface area contributed by atoms with Crippen LogP contribution in [0.4, 0.5) is 5.69 Å². The van der Waals surface area contributed by atoms with Crippen LogP contribution < -0.4 is 15.0 Å². The van der Waals surface area contributed by atoms with Gasteiger partial charge in [-0.1, -0.05) is 42.5 Å². The number of benzene rings is 2. The number of fused-ring (bicyclic) bond motifs is 2. The number of ether oxygens (including phenoxy) is 1. The third kappa shape index (κ3) is 3.73. The molecular formula is C24H25N3O. The fraction of sp³-hybridized carbons (Fsp3) is 0.292. The minimum Gasteiger partial charge on any atom is -0.489 e. The summed E-state index contributed by atoms with van der Waals surface area (Å²) in [4.78, 5) is 6.99. The molecule has 2 aliphatic heterocycles. The number of pyridine rings is 1. The van der Waals surface area contributed by atoms with Gasteiger partial charge in [-0.3, -0.25) is 4.98 Å². The van der Waals surface area contributed by atoms with E-state index in [0.29, 0.717) is 12.6 Å². The normalized spacial score (nSPS) is 20.9. The Balaban J connectivity index is 1.28. The second kappa shape index (κ2) is 7.64. The van der Waals surface area contributed by atoms with Crippen LogP contribution in [-0.2, 0) is 6.61 Å². The van der Waals surface area contributed by atoms with Crippen molar-refractivity contribution in [3.63, 3.8) is 0 Å². The van der Waals surface area contributed by atoms with Gasteiger partial charge in [-0.25, -0.2) is 0 Å². The predicted molar refractivity (Wildman–Crippen MR) is 113 cm³/mol. The zero-order valence-corrected chi connectivity index (χ0v) is 15.9. The lowest BCUT2D eigenvalue weighted by atomic mass is 9.99. The lowest BCUT2D eigenvalue weighted by Crippen LogP contribution is -2.41. The van der Waals surface area contributed by atoms with E-state index in [1.54, 1.807) is 0 Å². The fourth-order valence-corrected chi connectivity index (χ4v) is 4.29. The Hall–Kier alpha value is -2.85. The van der Waals surface area contributed by atoms with Crippen molar-refractivity contribution in [1.82, 2.24) is 10.3 Å². The van der Waals surface area contributed by atoms with Gasteiger partial charge in [0.2, 0.25) is 0 Å². The topological polar surface area (TPSA) is 37.4 Å². The number of aromatic nitrogens is 1. The van der Waals surface area contributed by atoms with Gasteiger partial charge in [0, 0.05) is 37.4 Å². The molecule has 3 heterocycles. The summed E-state index contributed by atoms with van der Waals surface area (Å²) in [5.74, 6) is 1.65. The van der Waals surface area contributed by atoms with E-state index in [1.165, 1.54) is 23.2 Å². The average molecular weight is 371 g/mol. The van der Waals surface area contributed by atoms with Crippen LogP contribution in [0.25, 0.3) is 11.1 Å². The lowest BCUT2D eigenvalue weighted by Gasteiger charge is -2.32. The van der Waals surface area contributed by atoms with Gasteiger partial charge in [0.1, 0.15) is 12.4 Å². The highest BCUT2D eigenvalue weighted by Gasteiger charge is 2.32. The molecule has 0 spiro atoms. The van der Waals surface area contributed by atoms with Gasteiger partial charge in [-0.2, -0.15) is 0 Å². The summed E-state index contributed by atoms with van der Waals surface area (Å²) in [5, 5.41) is 3.62. The van der Waals surface area contributed by atoms with Crippen molar-refractivity contribution in [3.05, 3.63) is 78.6 Å². The number of anilines is 1. The molecule has 2 bridgehead atoms. The van der Waals surface area contributed by atoms with Crippen molar-refractivity contribution < 1.29 is 4.74 Å². The molecule has 5 rings (SSSR count). The number of rotatable bonds is 5. The molecule has 142 valence electrons. The predicted octanol–water partition coefficient (Wildman–Crippen LogP) is 4.13. The summed E-state index contributed by atoms with van der Waals surface area (Å²) in [6.07, 6.45) is 5.25. The SMILES string of the molecule is c1ccc(COc2ccc(-c3cncc(N4CC5CNC(C5)C4)c3)cc2)cc1. The van der Waals surface area contributed by atoms with Crippen LogP contribution in [0.3, 0.4) is 0 Å². The first-order chi connectivity index (χ1) is 13.8. The van der Waals surface area contributed by atoms with Crippen LogP contribution in [-0.4, -0.2) is 30.7 Å². The van der Waals surface area contributed by atoms with Crippen molar-refractivity contribution in [2.24, 2.45) is 5.92 Å². The molecule has 28 heavy (non-hydrogen) atoms. The van der Waals surface area contributed by atoms with E-state index in [0.717, 1.165) is 36.9 Å². The first-order valence-electron chi connectivity index (χ1n) is 10.0. The number of hydrogen-bond acceptors (Lipinski definition) is 4. The monoisotopic (exact) mass is 371 g/mol. The van der Waals surface area contributed by atoms with Crippen molar-refractivity contribution in [1.29, 1.82) is 0 Å². The Morgan fingerprint density at radius 2 is 1.82 bits per heavy atom. The fourth-order valence-electron chi connectivity index (χ4n) is 4.29. The van der Waals surface area contributed by atoms with Crippen LogP contribution in [0.2, 0.25) is 0 Å². The molecule has 2 saturated heterocycles. The van der Waals surface area contributed by atoms with Crippen LogP contribution >= 0.6 is 0 Å². The summed E-state index contributed by atoms with van der Waals surface area (Å²) in [6, 6.07) is 21.4. The van der Waals surface area contributed by atoms with Gasteiger partial charge in [-0.15, -0.1) is 0 Å². The van der Waals surface area contributed by atoms with E-state index in [-0.39, 0.29) is 0 Å². The van der Waals surface area contributed by atoms with Gasteiger partial charge in [0.25, 0.3) is 0 Å². The Bertz CT molecular complexity index is 914. The lowest BCUT2D eigenvalue weighted by molar-refractivity contribution is 0.306. The van der Waals surface area contributed by atoms with Gasteiger partial charge in [0.15, 0.2) is 0 Å². The molecule has 0 amide bonds. The van der Waals surface area contributed by atoms with Crippen molar-refractivity contribution in [2.45, 2.75) is 19.1 Å². The highest BCUT2D eigenvalue weighted by Crippen LogP contribution is 2.30. The van der Waals surface area contributed by atoms with E-state index in [2.05, 4.69) is 45.5 Å². The molecule has 0 radical (unpaired) electrons. The molecule has 4 heteroatoms. The first kappa shape index (κ1) is 17.3. The van der Waals surface area contributed by atoms with Crippen LogP contribution in [0.5, 0.6) is 5.75 Å². The molecule has 1 aromatic heterocycles. The van der Waals surface area contributed by atoms with Gasteiger partial charge >= 0.3 is 0 Å². The number of hydrogen-bond donors (Lipinski definition) is 1. The molecule has 3 aromatic rings. The maximum absolute atomic E-state index is 5.90. The summed E-state index contributed by atoms with van der Waals surface area (Å²) >= 11 is 0. The Morgan fingerprint density at radius 1 is 0.964 bits per heavy atom. The zero-order chi connectivity index (χ0) is 18.8. The number of nitrogens with one attached hydrogen (secondary N) is 1. The molecule has 4 nitrogen and oxygen atoms in total. The molecule has 2 unspecified atom stereocenters. The van der Waals surface area contributed by atoms with E-state index in [9.17, 15) is 0 Å². The average Bonchev–Trinajstić information content (AvgIpc) is 3.11. The Labute approximate surface area is 166 Å². The smallest absolute Gasteiger partial charge is 0.119 e. The van der Waals surface area contributed by atoms with Gasteiger partial charge in [-0.05, 0) is 41.7 Å². The second-order valence-electron chi connectivity index (χ2n) is 7.84. The standard InChI is InChI=1S/C24H25N3O/c1-2-4-18(5-3-1)17-28-24-8-6-20(7-9-24)21-11-23(14-25-13-21)27-15-19-10-22(16-27)26-12-19/h1-9,11,13-14,19,22,26H,10,12,15-17H2. The largest absolute Gasteiger partial charge is 0.489 e. The Kier molecular flexibility index (Phi) is 4.71. The summed E-state index contributed by atoms with van der Waals surface area (Å²) in [7, 11) is 0. The van der Waals surface area contributed by atoms with Crippen molar-refractivity contribution >= 4 is 5.69 Å². The molecule has 0 aliphatic carbocycles. The quantitative estimate of drug-likeness (QED) is 0.732. The maximum atomic E-state index is 5.90. The summed E-state index contributed by atoms with van der Waals surface area (Å²) < 4.78 is 5.90. The number of nitrogens with zero attached hydrogens (tertiary/aromatic N) is 2. The third-order valence-corrected chi connectivity index (χ3v) is 5.76.